The molecule has 1 aromatic carbocycles. The number of para-hydroxylation sites is 2. The summed E-state index contributed by atoms with van der Waals surface area (Å²) in [6.45, 7) is 4.13. The molecule has 0 heterocycles. The minimum absolute atomic E-state index is 0.106. The third-order valence-corrected chi connectivity index (χ3v) is 3.03. The molecule has 0 aliphatic rings. The first-order chi connectivity index (χ1) is 9.97. The van der Waals surface area contributed by atoms with Gasteiger partial charge in [-0.15, -0.1) is 0 Å². The lowest BCUT2D eigenvalue weighted by Gasteiger charge is -2.29. The number of benzene rings is 1. The number of hydrogen-bond acceptors (Lipinski definition) is 4. The Balaban J connectivity index is 3.06. The Morgan fingerprint density at radius 3 is 2.52 bits per heavy atom. The van der Waals surface area contributed by atoms with Crippen LogP contribution in [-0.4, -0.2) is 41.3 Å². The number of aliphatic carboxylic acids is 2. The van der Waals surface area contributed by atoms with E-state index in [2.05, 4.69) is 0 Å². The lowest BCUT2D eigenvalue weighted by Crippen LogP contribution is -2.40. The van der Waals surface area contributed by atoms with Gasteiger partial charge in [0.15, 0.2) is 0 Å². The first-order valence-electron chi connectivity index (χ1n) is 6.90. The van der Waals surface area contributed by atoms with Crippen LogP contribution in [0.25, 0.3) is 0 Å². The number of ether oxygens (including phenoxy) is 1. The maximum atomic E-state index is 11.3. The number of nitrogens with zero attached hydrogens (tertiary/aromatic N) is 1. The van der Waals surface area contributed by atoms with E-state index in [1.54, 1.807) is 29.2 Å². The average molecular weight is 295 g/mol. The molecule has 6 heteroatoms. The van der Waals surface area contributed by atoms with Gasteiger partial charge in [-0.25, -0.2) is 4.79 Å². The summed E-state index contributed by atoms with van der Waals surface area (Å²) >= 11 is 0. The minimum Gasteiger partial charge on any atom is -0.491 e. The fourth-order valence-corrected chi connectivity index (χ4v) is 1.90. The third kappa shape index (κ3) is 4.98. The van der Waals surface area contributed by atoms with E-state index < -0.39 is 18.0 Å². The van der Waals surface area contributed by atoms with Crippen molar-refractivity contribution in [1.29, 1.82) is 0 Å². The molecule has 0 radical (unpaired) electrons. The Kier molecular flexibility index (Phi) is 6.52. The molecule has 1 aromatic rings. The van der Waals surface area contributed by atoms with E-state index in [1.807, 2.05) is 6.92 Å². The summed E-state index contributed by atoms with van der Waals surface area (Å²) in [5.41, 5.74) is 0.599. The first kappa shape index (κ1) is 16.8. The van der Waals surface area contributed by atoms with Crippen LogP contribution in [0.1, 0.15) is 26.7 Å². The van der Waals surface area contributed by atoms with Gasteiger partial charge in [0.1, 0.15) is 11.8 Å². The summed E-state index contributed by atoms with van der Waals surface area (Å²) in [7, 11) is 0. The second-order valence-corrected chi connectivity index (χ2v) is 4.67. The standard InChI is InChI=1S/C15H21NO5/c1-3-10-21-13-7-5-4-6-12(13)16(9-8-14(17)18)11(2)15(19)20/h4-7,11H,3,8-10H2,1-2H3,(H,17,18)(H,19,20). The Labute approximate surface area is 124 Å². The SMILES string of the molecule is CCCOc1ccccc1N(CCC(=O)O)C(C)C(=O)O. The average Bonchev–Trinajstić information content (AvgIpc) is 2.45. The van der Waals surface area contributed by atoms with Gasteiger partial charge in [-0.1, -0.05) is 19.1 Å². The maximum Gasteiger partial charge on any atom is 0.326 e. The number of carboxylic acid groups (broad SMARTS) is 2. The van der Waals surface area contributed by atoms with Crippen molar-refractivity contribution in [2.45, 2.75) is 32.7 Å². The van der Waals surface area contributed by atoms with Gasteiger partial charge in [0, 0.05) is 6.54 Å². The highest BCUT2D eigenvalue weighted by Crippen LogP contribution is 2.30. The predicted octanol–water partition coefficient (Wildman–Crippen LogP) is 2.23. The van der Waals surface area contributed by atoms with Gasteiger partial charge in [0.25, 0.3) is 0 Å². The van der Waals surface area contributed by atoms with Gasteiger partial charge < -0.3 is 19.8 Å². The number of rotatable bonds is 9. The molecular formula is C15H21NO5. The number of anilines is 1. The van der Waals surface area contributed by atoms with E-state index >= 15 is 0 Å². The fourth-order valence-electron chi connectivity index (χ4n) is 1.90. The van der Waals surface area contributed by atoms with Gasteiger partial charge >= 0.3 is 11.9 Å². The normalized spacial score (nSPS) is 11.7. The van der Waals surface area contributed by atoms with Crippen LogP contribution in [-0.2, 0) is 9.59 Å². The minimum atomic E-state index is -1.01. The molecule has 1 unspecified atom stereocenters. The lowest BCUT2D eigenvalue weighted by atomic mass is 10.2. The van der Waals surface area contributed by atoms with Crippen molar-refractivity contribution in [3.63, 3.8) is 0 Å². The molecule has 1 atom stereocenters. The highest BCUT2D eigenvalue weighted by molar-refractivity contribution is 5.79. The molecular weight excluding hydrogens is 274 g/mol. The molecule has 0 amide bonds. The maximum absolute atomic E-state index is 11.3. The van der Waals surface area contributed by atoms with Crippen molar-refractivity contribution in [3.05, 3.63) is 24.3 Å². The highest BCUT2D eigenvalue weighted by atomic mass is 16.5. The molecule has 0 aliphatic carbocycles. The van der Waals surface area contributed by atoms with E-state index in [-0.39, 0.29) is 13.0 Å². The molecule has 6 nitrogen and oxygen atoms in total. The third-order valence-electron chi connectivity index (χ3n) is 3.03. The molecule has 2 N–H and O–H groups in total. The van der Waals surface area contributed by atoms with E-state index in [4.69, 9.17) is 9.84 Å². The summed E-state index contributed by atoms with van der Waals surface area (Å²) in [4.78, 5) is 23.6. The summed E-state index contributed by atoms with van der Waals surface area (Å²) in [5, 5.41) is 18.1. The van der Waals surface area contributed by atoms with Gasteiger partial charge in [-0.3, -0.25) is 4.79 Å². The molecule has 1 rings (SSSR count). The van der Waals surface area contributed by atoms with Crippen LogP contribution in [0, 0.1) is 0 Å². The van der Waals surface area contributed by atoms with Crippen molar-refractivity contribution in [3.8, 4) is 5.75 Å². The van der Waals surface area contributed by atoms with Crippen LogP contribution < -0.4 is 9.64 Å². The zero-order valence-corrected chi connectivity index (χ0v) is 12.3. The lowest BCUT2D eigenvalue weighted by molar-refractivity contribution is -0.139. The number of hydrogen-bond donors (Lipinski definition) is 2. The largest absolute Gasteiger partial charge is 0.491 e. The summed E-state index contributed by atoms with van der Waals surface area (Å²) in [6.07, 6.45) is 0.692. The van der Waals surface area contributed by atoms with Crippen molar-refractivity contribution >= 4 is 17.6 Å². The zero-order chi connectivity index (χ0) is 15.8. The molecule has 0 aromatic heterocycles. The highest BCUT2D eigenvalue weighted by Gasteiger charge is 2.24. The molecule has 21 heavy (non-hydrogen) atoms. The molecule has 0 saturated heterocycles. The quantitative estimate of drug-likeness (QED) is 0.726. The molecule has 0 aliphatic heterocycles. The van der Waals surface area contributed by atoms with Crippen LogP contribution >= 0.6 is 0 Å². The van der Waals surface area contributed by atoms with E-state index in [9.17, 15) is 14.7 Å². The van der Waals surface area contributed by atoms with Gasteiger partial charge in [0.05, 0.1) is 18.7 Å². The Morgan fingerprint density at radius 2 is 1.95 bits per heavy atom. The summed E-state index contributed by atoms with van der Waals surface area (Å²) < 4.78 is 5.62. The van der Waals surface area contributed by atoms with Crippen molar-refractivity contribution in [2.24, 2.45) is 0 Å². The zero-order valence-electron chi connectivity index (χ0n) is 12.3. The Morgan fingerprint density at radius 1 is 1.29 bits per heavy atom. The molecule has 0 fully saturated rings. The second-order valence-electron chi connectivity index (χ2n) is 4.67. The van der Waals surface area contributed by atoms with Crippen LogP contribution in [0.3, 0.4) is 0 Å². The molecule has 0 spiro atoms. The van der Waals surface area contributed by atoms with Crippen molar-refractivity contribution in [2.75, 3.05) is 18.1 Å². The van der Waals surface area contributed by atoms with E-state index in [0.29, 0.717) is 18.0 Å². The van der Waals surface area contributed by atoms with Crippen LogP contribution in [0.15, 0.2) is 24.3 Å². The van der Waals surface area contributed by atoms with E-state index in [0.717, 1.165) is 6.42 Å². The summed E-state index contributed by atoms with van der Waals surface area (Å²) in [6, 6.07) is 6.24. The van der Waals surface area contributed by atoms with Crippen molar-refractivity contribution in [1.82, 2.24) is 0 Å². The number of carboxylic acids is 2. The second kappa shape index (κ2) is 8.14. The Hall–Kier alpha value is -2.24. The molecule has 0 saturated carbocycles. The Bertz CT molecular complexity index is 489. The number of carbonyl (C=O) groups is 2. The summed E-state index contributed by atoms with van der Waals surface area (Å²) in [5.74, 6) is -1.41. The molecule has 116 valence electrons. The van der Waals surface area contributed by atoms with Gasteiger partial charge in [-0.05, 0) is 25.5 Å². The van der Waals surface area contributed by atoms with Crippen LogP contribution in [0.5, 0.6) is 5.75 Å². The molecule has 0 bridgehead atoms. The van der Waals surface area contributed by atoms with Crippen LogP contribution in [0.2, 0.25) is 0 Å². The van der Waals surface area contributed by atoms with Gasteiger partial charge in [-0.2, -0.15) is 0 Å². The fraction of sp³-hybridized carbons (Fsp3) is 0.467. The monoisotopic (exact) mass is 295 g/mol. The van der Waals surface area contributed by atoms with Crippen molar-refractivity contribution < 1.29 is 24.5 Å². The topological polar surface area (TPSA) is 87.1 Å². The van der Waals surface area contributed by atoms with Gasteiger partial charge in [0.2, 0.25) is 0 Å². The van der Waals surface area contributed by atoms with E-state index in [1.165, 1.54) is 6.92 Å². The predicted molar refractivity (Wildman–Crippen MR) is 78.9 cm³/mol. The van der Waals surface area contributed by atoms with Crippen LogP contribution in [0.4, 0.5) is 5.69 Å². The smallest absolute Gasteiger partial charge is 0.326 e. The first-order valence-corrected chi connectivity index (χ1v) is 6.90.